The first-order valence-electron chi connectivity index (χ1n) is 3.19. The molecule has 10 heavy (non-hydrogen) atoms. The Morgan fingerprint density at radius 3 is 2.30 bits per heavy atom. The van der Waals surface area contributed by atoms with E-state index in [1.54, 1.807) is 0 Å². The van der Waals surface area contributed by atoms with Crippen LogP contribution in [-0.2, 0) is 4.79 Å². The second-order valence-electron chi connectivity index (χ2n) is 2.17. The lowest BCUT2D eigenvalue weighted by molar-refractivity contribution is -0.134. The van der Waals surface area contributed by atoms with Crippen molar-refractivity contribution >= 4 is 5.97 Å². The second kappa shape index (κ2) is 4.85. The molecule has 0 aliphatic carbocycles. The second-order valence-corrected chi connectivity index (χ2v) is 2.17. The minimum Gasteiger partial charge on any atom is -0.481 e. The van der Waals surface area contributed by atoms with E-state index in [0.717, 1.165) is 6.92 Å². The van der Waals surface area contributed by atoms with Crippen molar-refractivity contribution in [3.63, 3.8) is 0 Å². The molecular formula is C7H13NO2. The third-order valence-corrected chi connectivity index (χ3v) is 1.01. The Balaban J connectivity index is 0.000000180. The summed E-state index contributed by atoms with van der Waals surface area (Å²) in [5, 5.41) is 7.42. The number of hydrogen-bond acceptors (Lipinski definition) is 2. The highest BCUT2D eigenvalue weighted by Gasteiger charge is 1.92. The first-order valence-corrected chi connectivity index (χ1v) is 3.19. The minimum atomic E-state index is -0.833. The van der Waals surface area contributed by atoms with Crippen LogP contribution in [0.5, 0.6) is 0 Å². The molecule has 0 aromatic heterocycles. The zero-order chi connectivity index (χ0) is 7.98. The van der Waals surface area contributed by atoms with E-state index in [-0.39, 0.29) is 0 Å². The molecule has 0 spiro atoms. The van der Waals surface area contributed by atoms with Gasteiger partial charge in [0.1, 0.15) is 0 Å². The smallest absolute Gasteiger partial charge is 0.300 e. The summed E-state index contributed by atoms with van der Waals surface area (Å²) in [6.45, 7) is 2.29. The van der Waals surface area contributed by atoms with Gasteiger partial charge in [-0.25, -0.2) is 0 Å². The molecular weight excluding hydrogens is 130 g/mol. The van der Waals surface area contributed by atoms with Gasteiger partial charge in [-0.05, 0) is 12.6 Å². The molecule has 0 atom stereocenters. The van der Waals surface area contributed by atoms with E-state index in [0.29, 0.717) is 0 Å². The zero-order valence-corrected chi connectivity index (χ0v) is 6.37. The van der Waals surface area contributed by atoms with Gasteiger partial charge in [0.2, 0.25) is 0 Å². The molecule has 1 rings (SSSR count). The van der Waals surface area contributed by atoms with Crippen molar-refractivity contribution in [2.24, 2.45) is 0 Å². The van der Waals surface area contributed by atoms with Gasteiger partial charge >= 0.3 is 0 Å². The standard InChI is InChI=1S/C5H9N.C2H4O2/c1-6-4-2-3-5-6;1-2(3)4/h2,4H,3,5H2,1H3;1H3,(H,3,4). The van der Waals surface area contributed by atoms with Crippen LogP contribution >= 0.6 is 0 Å². The van der Waals surface area contributed by atoms with Gasteiger partial charge in [0, 0.05) is 20.5 Å². The summed E-state index contributed by atoms with van der Waals surface area (Å²) in [4.78, 5) is 11.2. The largest absolute Gasteiger partial charge is 0.481 e. The Kier molecular flexibility index (Phi) is 4.37. The SMILES string of the molecule is CC(=O)O.CN1C=CCC1. The van der Waals surface area contributed by atoms with Gasteiger partial charge in [0.05, 0.1) is 0 Å². The molecule has 1 heterocycles. The zero-order valence-electron chi connectivity index (χ0n) is 6.37. The fourth-order valence-corrected chi connectivity index (χ4v) is 0.607. The number of carboxylic acids is 1. The molecule has 58 valence electrons. The van der Waals surface area contributed by atoms with Gasteiger partial charge < -0.3 is 10.0 Å². The van der Waals surface area contributed by atoms with Crippen molar-refractivity contribution in [3.8, 4) is 0 Å². The number of nitrogens with zero attached hydrogens (tertiary/aromatic N) is 1. The minimum absolute atomic E-state index is 0.833. The molecule has 0 aromatic carbocycles. The lowest BCUT2D eigenvalue weighted by Gasteiger charge is -2.02. The first kappa shape index (κ1) is 9.01. The summed E-state index contributed by atoms with van der Waals surface area (Å²) < 4.78 is 0. The van der Waals surface area contributed by atoms with Gasteiger partial charge in [-0.1, -0.05) is 6.08 Å². The average molecular weight is 143 g/mol. The molecule has 0 unspecified atom stereocenters. The highest BCUT2D eigenvalue weighted by atomic mass is 16.4. The highest BCUT2D eigenvalue weighted by Crippen LogP contribution is 1.97. The van der Waals surface area contributed by atoms with Crippen LogP contribution < -0.4 is 0 Å². The molecule has 0 amide bonds. The van der Waals surface area contributed by atoms with E-state index in [2.05, 4.69) is 24.2 Å². The highest BCUT2D eigenvalue weighted by molar-refractivity contribution is 5.62. The quantitative estimate of drug-likeness (QED) is 0.548. The van der Waals surface area contributed by atoms with Gasteiger partial charge in [0.25, 0.3) is 5.97 Å². The third kappa shape index (κ3) is 7.01. The lowest BCUT2D eigenvalue weighted by Crippen LogP contribution is -2.04. The van der Waals surface area contributed by atoms with Gasteiger partial charge in [-0.3, -0.25) is 4.79 Å². The van der Waals surface area contributed by atoms with E-state index in [4.69, 9.17) is 9.90 Å². The van der Waals surface area contributed by atoms with E-state index in [9.17, 15) is 0 Å². The molecule has 3 heteroatoms. The summed E-state index contributed by atoms with van der Waals surface area (Å²) in [6.07, 6.45) is 5.52. The Bertz CT molecular complexity index is 128. The summed E-state index contributed by atoms with van der Waals surface area (Å²) in [5.41, 5.74) is 0. The van der Waals surface area contributed by atoms with Crippen LogP contribution in [0.2, 0.25) is 0 Å². The van der Waals surface area contributed by atoms with Crippen molar-refractivity contribution < 1.29 is 9.90 Å². The normalized spacial score (nSPS) is 14.4. The van der Waals surface area contributed by atoms with E-state index in [1.165, 1.54) is 13.0 Å². The van der Waals surface area contributed by atoms with Crippen LogP contribution in [0.3, 0.4) is 0 Å². The predicted molar refractivity (Wildman–Crippen MR) is 39.7 cm³/mol. The van der Waals surface area contributed by atoms with E-state index < -0.39 is 5.97 Å². The number of carbonyl (C=O) groups is 1. The third-order valence-electron chi connectivity index (χ3n) is 1.01. The molecule has 0 fully saturated rings. The summed E-state index contributed by atoms with van der Waals surface area (Å²) >= 11 is 0. The Hall–Kier alpha value is -0.990. The topological polar surface area (TPSA) is 40.5 Å². The van der Waals surface area contributed by atoms with Crippen molar-refractivity contribution in [2.75, 3.05) is 13.6 Å². The Labute approximate surface area is 61.0 Å². The van der Waals surface area contributed by atoms with Crippen LogP contribution in [-0.4, -0.2) is 29.6 Å². The van der Waals surface area contributed by atoms with Crippen molar-refractivity contribution in [1.82, 2.24) is 4.90 Å². The predicted octanol–water partition coefficient (Wildman–Crippen LogP) is 0.926. The maximum atomic E-state index is 9.00. The van der Waals surface area contributed by atoms with Crippen LogP contribution in [0.1, 0.15) is 13.3 Å². The maximum Gasteiger partial charge on any atom is 0.300 e. The lowest BCUT2D eigenvalue weighted by atomic mass is 10.5. The molecule has 1 N–H and O–H groups in total. The molecule has 0 aromatic rings. The van der Waals surface area contributed by atoms with E-state index >= 15 is 0 Å². The fourth-order valence-electron chi connectivity index (χ4n) is 0.607. The van der Waals surface area contributed by atoms with Gasteiger partial charge in [-0.2, -0.15) is 0 Å². The van der Waals surface area contributed by atoms with Crippen molar-refractivity contribution in [3.05, 3.63) is 12.3 Å². The van der Waals surface area contributed by atoms with Gasteiger partial charge in [-0.15, -0.1) is 0 Å². The number of carboxylic acid groups (broad SMARTS) is 1. The van der Waals surface area contributed by atoms with Crippen LogP contribution in [0.25, 0.3) is 0 Å². The van der Waals surface area contributed by atoms with E-state index in [1.807, 2.05) is 0 Å². The van der Waals surface area contributed by atoms with Crippen LogP contribution in [0, 0.1) is 0 Å². The van der Waals surface area contributed by atoms with Gasteiger partial charge in [0.15, 0.2) is 0 Å². The molecule has 1 aliphatic rings. The number of rotatable bonds is 0. The molecule has 0 bridgehead atoms. The van der Waals surface area contributed by atoms with Crippen molar-refractivity contribution in [1.29, 1.82) is 0 Å². The van der Waals surface area contributed by atoms with Crippen molar-refractivity contribution in [2.45, 2.75) is 13.3 Å². The monoisotopic (exact) mass is 143 g/mol. The molecule has 1 aliphatic heterocycles. The molecule has 3 nitrogen and oxygen atoms in total. The first-order chi connectivity index (χ1) is 4.63. The number of hydrogen-bond donors (Lipinski definition) is 1. The molecule has 0 saturated carbocycles. The summed E-state index contributed by atoms with van der Waals surface area (Å²) in [7, 11) is 2.09. The average Bonchev–Trinajstić information content (AvgIpc) is 2.15. The Morgan fingerprint density at radius 2 is 2.20 bits per heavy atom. The summed E-state index contributed by atoms with van der Waals surface area (Å²) in [5.74, 6) is -0.833. The van der Waals surface area contributed by atoms with Crippen LogP contribution in [0.4, 0.5) is 0 Å². The molecule has 0 radical (unpaired) electrons. The van der Waals surface area contributed by atoms with Crippen LogP contribution in [0.15, 0.2) is 12.3 Å². The summed E-state index contributed by atoms with van der Waals surface area (Å²) in [6, 6.07) is 0. The molecule has 0 saturated heterocycles. The fraction of sp³-hybridized carbons (Fsp3) is 0.571. The Morgan fingerprint density at radius 1 is 1.70 bits per heavy atom. The maximum absolute atomic E-state index is 9.00. The number of aliphatic carboxylic acids is 1.